The van der Waals surface area contributed by atoms with Crippen molar-refractivity contribution in [2.24, 2.45) is 0 Å². The molecule has 0 aliphatic carbocycles. The number of benzene rings is 1. The lowest BCUT2D eigenvalue weighted by molar-refractivity contribution is 0.218. The maximum Gasteiger partial charge on any atom is 0.120 e. The van der Waals surface area contributed by atoms with Crippen LogP contribution >= 0.6 is 0 Å². The first-order chi connectivity index (χ1) is 12.7. The molecule has 1 aliphatic rings. The van der Waals surface area contributed by atoms with Crippen molar-refractivity contribution in [1.29, 1.82) is 0 Å². The van der Waals surface area contributed by atoms with Gasteiger partial charge >= 0.3 is 0 Å². The molecule has 0 saturated carbocycles. The van der Waals surface area contributed by atoms with Crippen LogP contribution in [-0.4, -0.2) is 41.1 Å². The van der Waals surface area contributed by atoms with Crippen LogP contribution in [0, 0.1) is 0 Å². The van der Waals surface area contributed by atoms with Crippen molar-refractivity contribution in [3.63, 3.8) is 0 Å². The molecular formula is C23H38N2O. The second kappa shape index (κ2) is 11.4. The van der Waals surface area contributed by atoms with Gasteiger partial charge in [0.05, 0.1) is 0 Å². The number of piperidine rings is 1. The zero-order valence-corrected chi connectivity index (χ0v) is 17.0. The second-order valence-electron chi connectivity index (χ2n) is 7.70. The number of aromatic hydroxyl groups is 1. The Hall–Kier alpha value is -1.32. The molecule has 1 aromatic rings. The smallest absolute Gasteiger partial charge is 0.120 e. The van der Waals surface area contributed by atoms with Crippen LogP contribution in [0.5, 0.6) is 5.75 Å². The second-order valence-corrected chi connectivity index (χ2v) is 7.70. The van der Waals surface area contributed by atoms with E-state index < -0.39 is 0 Å². The number of unbranched alkanes of at least 4 members (excludes halogenated alkanes) is 2. The number of likely N-dealkylation sites (tertiary alicyclic amines) is 1. The summed E-state index contributed by atoms with van der Waals surface area (Å²) in [6.07, 6.45) is 10.8. The largest absolute Gasteiger partial charge is 0.508 e. The number of hydrogen-bond donors (Lipinski definition) is 1. The zero-order valence-electron chi connectivity index (χ0n) is 17.0. The molecule has 1 N–H and O–H groups in total. The van der Waals surface area contributed by atoms with Gasteiger partial charge in [-0.05, 0) is 75.1 Å². The number of phenolic OH excluding ortho intramolecular Hbond substituents is 1. The molecule has 1 aromatic carbocycles. The lowest BCUT2D eigenvalue weighted by Crippen LogP contribution is -2.29. The van der Waals surface area contributed by atoms with Crippen LogP contribution in [0.4, 0.5) is 0 Å². The predicted octanol–water partition coefficient (Wildman–Crippen LogP) is 5.42. The monoisotopic (exact) mass is 358 g/mol. The van der Waals surface area contributed by atoms with E-state index in [2.05, 4.69) is 36.3 Å². The Labute approximate surface area is 160 Å². The third-order valence-corrected chi connectivity index (χ3v) is 5.41. The highest BCUT2D eigenvalue weighted by Crippen LogP contribution is 2.27. The normalized spacial score (nSPS) is 15.5. The lowest BCUT2D eigenvalue weighted by atomic mass is 10.0. The van der Waals surface area contributed by atoms with Crippen molar-refractivity contribution in [2.75, 3.05) is 26.2 Å². The molecule has 0 unspecified atom stereocenters. The van der Waals surface area contributed by atoms with Crippen molar-refractivity contribution in [2.45, 2.75) is 71.9 Å². The molecule has 1 aliphatic heterocycles. The highest BCUT2D eigenvalue weighted by atomic mass is 16.3. The Bertz CT molecular complexity index is 549. The zero-order chi connectivity index (χ0) is 18.8. The predicted molar refractivity (Wildman–Crippen MR) is 112 cm³/mol. The molecule has 0 amide bonds. The standard InChI is InChI=1S/C23H38N2O/c1-4-7-9-13-24(12-5-2)18-21-17-23(26)22(16-20(21)6-3)19-25-14-10-8-11-15-25/h6,16-17,26H,3-5,7-15,18-19H2,1-2H3. The Balaban J connectivity index is 2.09. The highest BCUT2D eigenvalue weighted by molar-refractivity contribution is 5.56. The molecule has 0 radical (unpaired) electrons. The van der Waals surface area contributed by atoms with Gasteiger partial charge in [-0.15, -0.1) is 0 Å². The molecule has 0 spiro atoms. The first-order valence-corrected chi connectivity index (χ1v) is 10.6. The molecule has 146 valence electrons. The quantitative estimate of drug-likeness (QED) is 0.535. The number of rotatable bonds is 11. The van der Waals surface area contributed by atoms with E-state index in [4.69, 9.17) is 0 Å². The summed E-state index contributed by atoms with van der Waals surface area (Å²) in [7, 11) is 0. The van der Waals surface area contributed by atoms with Gasteiger partial charge in [-0.1, -0.05) is 45.8 Å². The van der Waals surface area contributed by atoms with Crippen molar-refractivity contribution in [3.05, 3.63) is 35.4 Å². The maximum atomic E-state index is 10.6. The van der Waals surface area contributed by atoms with Crippen LogP contribution in [0.2, 0.25) is 0 Å². The Kier molecular flexibility index (Phi) is 9.21. The molecule has 1 fully saturated rings. The molecule has 0 aromatic heterocycles. The van der Waals surface area contributed by atoms with Gasteiger partial charge < -0.3 is 5.11 Å². The summed E-state index contributed by atoms with van der Waals surface area (Å²) in [6, 6.07) is 4.14. The van der Waals surface area contributed by atoms with Gasteiger partial charge in [0.1, 0.15) is 5.75 Å². The molecule has 3 heteroatoms. The summed E-state index contributed by atoms with van der Waals surface area (Å²) in [5, 5.41) is 10.6. The number of nitrogens with zero attached hydrogens (tertiary/aromatic N) is 2. The van der Waals surface area contributed by atoms with E-state index in [0.717, 1.165) is 51.3 Å². The maximum absolute atomic E-state index is 10.6. The molecule has 1 saturated heterocycles. The lowest BCUT2D eigenvalue weighted by Gasteiger charge is -2.27. The Morgan fingerprint density at radius 3 is 2.46 bits per heavy atom. The van der Waals surface area contributed by atoms with Crippen LogP contribution < -0.4 is 0 Å². The molecule has 26 heavy (non-hydrogen) atoms. The van der Waals surface area contributed by atoms with Gasteiger partial charge in [0.2, 0.25) is 0 Å². The van der Waals surface area contributed by atoms with E-state index in [1.54, 1.807) is 0 Å². The first-order valence-electron chi connectivity index (χ1n) is 10.6. The third kappa shape index (κ3) is 6.44. The minimum atomic E-state index is 0.446. The van der Waals surface area contributed by atoms with Gasteiger partial charge in [-0.25, -0.2) is 0 Å². The molecule has 3 nitrogen and oxygen atoms in total. The fourth-order valence-corrected chi connectivity index (χ4v) is 3.92. The fourth-order valence-electron chi connectivity index (χ4n) is 3.92. The van der Waals surface area contributed by atoms with Crippen molar-refractivity contribution >= 4 is 6.08 Å². The van der Waals surface area contributed by atoms with Crippen molar-refractivity contribution in [1.82, 2.24) is 9.80 Å². The van der Waals surface area contributed by atoms with E-state index in [1.165, 1.54) is 49.7 Å². The third-order valence-electron chi connectivity index (χ3n) is 5.41. The van der Waals surface area contributed by atoms with E-state index in [0.29, 0.717) is 5.75 Å². The Morgan fingerprint density at radius 1 is 1.04 bits per heavy atom. The minimum absolute atomic E-state index is 0.446. The van der Waals surface area contributed by atoms with Crippen molar-refractivity contribution < 1.29 is 5.11 Å². The summed E-state index contributed by atoms with van der Waals surface area (Å²) >= 11 is 0. The van der Waals surface area contributed by atoms with Crippen LogP contribution in [0.1, 0.15) is 75.5 Å². The number of hydrogen-bond acceptors (Lipinski definition) is 3. The van der Waals surface area contributed by atoms with Crippen LogP contribution in [-0.2, 0) is 13.1 Å². The minimum Gasteiger partial charge on any atom is -0.508 e. The van der Waals surface area contributed by atoms with Gasteiger partial charge in [-0.2, -0.15) is 0 Å². The number of phenols is 1. The molecule has 0 atom stereocenters. The molecule has 2 rings (SSSR count). The molecule has 1 heterocycles. The van der Waals surface area contributed by atoms with Gasteiger partial charge in [0.25, 0.3) is 0 Å². The topological polar surface area (TPSA) is 26.7 Å². The molecule has 0 bridgehead atoms. The van der Waals surface area contributed by atoms with Crippen LogP contribution in [0.15, 0.2) is 18.7 Å². The summed E-state index contributed by atoms with van der Waals surface area (Å²) in [5.41, 5.74) is 3.41. The SMILES string of the molecule is C=Cc1cc(CN2CCCCC2)c(O)cc1CN(CCC)CCCCC. The van der Waals surface area contributed by atoms with Crippen LogP contribution in [0.3, 0.4) is 0 Å². The summed E-state index contributed by atoms with van der Waals surface area (Å²) in [4.78, 5) is 4.97. The highest BCUT2D eigenvalue weighted by Gasteiger charge is 2.15. The van der Waals surface area contributed by atoms with E-state index in [9.17, 15) is 5.11 Å². The summed E-state index contributed by atoms with van der Waals surface area (Å²) < 4.78 is 0. The van der Waals surface area contributed by atoms with Gasteiger partial charge in [-0.3, -0.25) is 9.80 Å². The Morgan fingerprint density at radius 2 is 1.81 bits per heavy atom. The average molecular weight is 359 g/mol. The van der Waals surface area contributed by atoms with E-state index in [1.807, 2.05) is 12.1 Å². The average Bonchev–Trinajstić information content (AvgIpc) is 2.65. The van der Waals surface area contributed by atoms with Gasteiger partial charge in [0, 0.05) is 18.7 Å². The summed E-state index contributed by atoms with van der Waals surface area (Å²) in [6.45, 7) is 14.8. The van der Waals surface area contributed by atoms with E-state index in [-0.39, 0.29) is 0 Å². The molecular weight excluding hydrogens is 320 g/mol. The van der Waals surface area contributed by atoms with Crippen molar-refractivity contribution in [3.8, 4) is 5.75 Å². The summed E-state index contributed by atoms with van der Waals surface area (Å²) in [5.74, 6) is 0.446. The van der Waals surface area contributed by atoms with Gasteiger partial charge in [0.15, 0.2) is 0 Å². The van der Waals surface area contributed by atoms with Crippen LogP contribution in [0.25, 0.3) is 6.08 Å². The fraction of sp³-hybridized carbons (Fsp3) is 0.652. The first kappa shape index (κ1) is 21.0. The van der Waals surface area contributed by atoms with E-state index >= 15 is 0 Å².